The number of ether oxygens (including phenoxy) is 1. The van der Waals surface area contributed by atoms with Gasteiger partial charge in [-0.05, 0) is 48.9 Å². The zero-order valence-electron chi connectivity index (χ0n) is 22.9. The summed E-state index contributed by atoms with van der Waals surface area (Å²) < 4.78 is 6.65. The van der Waals surface area contributed by atoms with Gasteiger partial charge in [0.25, 0.3) is 5.69 Å². The highest BCUT2D eigenvalue weighted by Gasteiger charge is 2.56. The molecule has 2 unspecified atom stereocenters. The van der Waals surface area contributed by atoms with E-state index >= 15 is 0 Å². The van der Waals surface area contributed by atoms with Gasteiger partial charge >= 0.3 is 4.87 Å². The third-order valence-electron chi connectivity index (χ3n) is 7.48. The number of hydrogen-bond acceptors (Lipinski definition) is 9. The largest absolute Gasteiger partial charge is 0.497 e. The second-order valence-corrected chi connectivity index (χ2v) is 12.3. The van der Waals surface area contributed by atoms with E-state index in [0.29, 0.717) is 26.9 Å². The molecule has 0 bridgehead atoms. The van der Waals surface area contributed by atoms with Gasteiger partial charge in [0.1, 0.15) is 17.5 Å². The number of rotatable bonds is 7. The van der Waals surface area contributed by atoms with Crippen molar-refractivity contribution < 1.29 is 24.0 Å². The predicted octanol–water partition coefficient (Wildman–Crippen LogP) is 4.57. The van der Waals surface area contributed by atoms with Crippen LogP contribution in [-0.4, -0.2) is 39.6 Å². The van der Waals surface area contributed by atoms with E-state index < -0.39 is 39.7 Å². The van der Waals surface area contributed by atoms with Crippen molar-refractivity contribution in [2.24, 2.45) is 5.92 Å². The number of nitro groups is 1. The molecule has 3 aromatic carbocycles. The smallest absolute Gasteiger partial charge is 0.308 e. The average molecular weight is 617 g/mol. The first-order valence-corrected chi connectivity index (χ1v) is 14.9. The normalized spacial score (nSPS) is 19.1. The number of hydrogen-bond donors (Lipinski definition) is 1. The number of aromatic nitrogens is 1. The first-order chi connectivity index (χ1) is 20.7. The fourth-order valence-electron chi connectivity index (χ4n) is 5.38. The number of methoxy groups -OCH3 is 1. The molecule has 2 aliphatic heterocycles. The summed E-state index contributed by atoms with van der Waals surface area (Å²) in [6.45, 7) is 1.66. The Labute approximate surface area is 253 Å². The number of nitrogens with zero attached hydrogens (tertiary/aromatic N) is 3. The van der Waals surface area contributed by atoms with E-state index in [1.54, 1.807) is 36.4 Å². The highest BCUT2D eigenvalue weighted by Crippen LogP contribution is 2.54. The van der Waals surface area contributed by atoms with Crippen molar-refractivity contribution >= 4 is 57.9 Å². The standard InChI is InChI=1S/C30H24N4O7S2/c1-16-3-7-18(8-4-16)31-22(35)15-32-29-26(43-30(32)38)23(17-5-13-21(41-2)14-6-17)24-25(42-29)28(37)33(27(24)36)19-9-11-20(12-10-19)34(39)40/h3-14,23-25H,15H2,1-2H3,(H,31,35)/t23-,24?,25?/m1/s1. The number of non-ortho nitro benzene ring substituents is 1. The lowest BCUT2D eigenvalue weighted by Gasteiger charge is -2.30. The lowest BCUT2D eigenvalue weighted by atomic mass is 9.83. The minimum atomic E-state index is -0.886. The summed E-state index contributed by atoms with van der Waals surface area (Å²) in [4.78, 5) is 66.0. The molecule has 1 N–H and O–H groups in total. The molecule has 3 heterocycles. The van der Waals surface area contributed by atoms with Crippen molar-refractivity contribution in [3.63, 3.8) is 0 Å². The molecule has 11 nitrogen and oxygen atoms in total. The summed E-state index contributed by atoms with van der Waals surface area (Å²) in [6.07, 6.45) is 0. The summed E-state index contributed by atoms with van der Waals surface area (Å²) in [5.74, 6) is -2.26. The molecule has 1 aromatic heterocycles. The van der Waals surface area contributed by atoms with Gasteiger partial charge in [-0.15, -0.1) is 0 Å². The van der Waals surface area contributed by atoms with Crippen molar-refractivity contribution in [1.82, 2.24) is 4.57 Å². The molecule has 0 radical (unpaired) electrons. The monoisotopic (exact) mass is 616 g/mol. The van der Waals surface area contributed by atoms with E-state index in [2.05, 4.69) is 5.32 Å². The number of fused-ring (bicyclic) bond motifs is 2. The van der Waals surface area contributed by atoms with Crippen LogP contribution in [0.4, 0.5) is 17.1 Å². The Kier molecular flexibility index (Phi) is 7.36. The molecule has 43 heavy (non-hydrogen) atoms. The molecule has 1 fully saturated rings. The SMILES string of the molecule is COc1ccc([C@H]2c3sc(=O)n(CC(=O)Nc4ccc(C)cc4)c3SC3C(=O)N(c4ccc([N+](=O)[O-])cc4)C(=O)C32)cc1. The van der Waals surface area contributed by atoms with Gasteiger partial charge in [0.2, 0.25) is 17.7 Å². The van der Waals surface area contributed by atoms with Crippen LogP contribution >= 0.6 is 23.1 Å². The Morgan fingerprint density at radius 3 is 2.28 bits per heavy atom. The van der Waals surface area contributed by atoms with Crippen molar-refractivity contribution in [2.75, 3.05) is 17.3 Å². The summed E-state index contributed by atoms with van der Waals surface area (Å²) >= 11 is 2.05. The molecule has 6 rings (SSSR count). The highest BCUT2D eigenvalue weighted by atomic mass is 32.2. The minimum Gasteiger partial charge on any atom is -0.497 e. The van der Waals surface area contributed by atoms with Crippen molar-refractivity contribution in [3.05, 3.63) is 109 Å². The van der Waals surface area contributed by atoms with Gasteiger partial charge in [0, 0.05) is 28.6 Å². The average Bonchev–Trinajstić information content (AvgIpc) is 3.44. The second-order valence-electron chi connectivity index (χ2n) is 10.1. The van der Waals surface area contributed by atoms with E-state index in [1.807, 2.05) is 19.1 Å². The Balaban J connectivity index is 1.39. The number of nitrogens with one attached hydrogen (secondary N) is 1. The molecular formula is C30H24N4O7S2. The molecule has 13 heteroatoms. The van der Waals surface area contributed by atoms with Crippen LogP contribution in [0.5, 0.6) is 5.75 Å². The molecule has 0 saturated carbocycles. The number of aryl methyl sites for hydroxylation is 1. The maximum atomic E-state index is 14.0. The zero-order chi connectivity index (χ0) is 30.4. The summed E-state index contributed by atoms with van der Waals surface area (Å²) in [5, 5.41) is 13.5. The van der Waals surface area contributed by atoms with Gasteiger partial charge < -0.3 is 10.1 Å². The van der Waals surface area contributed by atoms with Crippen LogP contribution in [0.15, 0.2) is 82.6 Å². The van der Waals surface area contributed by atoms with Crippen LogP contribution in [0.2, 0.25) is 0 Å². The number of carbonyl (C=O) groups is 3. The van der Waals surface area contributed by atoms with Gasteiger partial charge in [-0.25, -0.2) is 4.90 Å². The number of anilines is 2. The van der Waals surface area contributed by atoms with Gasteiger partial charge in [0.15, 0.2) is 0 Å². The van der Waals surface area contributed by atoms with E-state index in [0.717, 1.165) is 33.6 Å². The minimum absolute atomic E-state index is 0.166. The van der Waals surface area contributed by atoms with Crippen LogP contribution in [0, 0.1) is 23.0 Å². The van der Waals surface area contributed by atoms with Crippen molar-refractivity contribution in [3.8, 4) is 5.75 Å². The van der Waals surface area contributed by atoms with Crippen LogP contribution < -0.4 is 19.8 Å². The molecular weight excluding hydrogens is 592 g/mol. The first kappa shape index (κ1) is 28.4. The lowest BCUT2D eigenvalue weighted by Crippen LogP contribution is -2.33. The summed E-state index contributed by atoms with van der Waals surface area (Å²) in [7, 11) is 1.54. The van der Waals surface area contributed by atoms with Crippen LogP contribution in [0.1, 0.15) is 21.9 Å². The Morgan fingerprint density at radius 2 is 1.65 bits per heavy atom. The summed E-state index contributed by atoms with van der Waals surface area (Å²) in [6, 6.07) is 19.6. The fourth-order valence-corrected chi connectivity index (χ4v) is 8.16. The second kappa shape index (κ2) is 11.2. The molecule has 3 atom stereocenters. The third-order valence-corrected chi connectivity index (χ3v) is 10.1. The molecule has 218 valence electrons. The molecule has 3 amide bonds. The molecule has 4 aromatic rings. The van der Waals surface area contributed by atoms with Crippen molar-refractivity contribution in [2.45, 2.75) is 29.7 Å². The Hall–Kier alpha value is -4.75. The third kappa shape index (κ3) is 5.10. The number of benzene rings is 3. The van der Waals surface area contributed by atoms with E-state index in [9.17, 15) is 29.3 Å². The van der Waals surface area contributed by atoms with Gasteiger partial charge in [-0.2, -0.15) is 0 Å². The number of carbonyl (C=O) groups excluding carboxylic acids is 3. The van der Waals surface area contributed by atoms with Crippen LogP contribution in [0.3, 0.4) is 0 Å². The number of amides is 3. The zero-order valence-corrected chi connectivity index (χ0v) is 24.5. The molecule has 0 aliphatic carbocycles. The number of nitro benzene ring substituents is 1. The van der Waals surface area contributed by atoms with E-state index in [-0.39, 0.29) is 22.8 Å². The molecule has 1 saturated heterocycles. The fraction of sp³-hybridized carbons (Fsp3) is 0.200. The Morgan fingerprint density at radius 1 is 0.977 bits per heavy atom. The number of imide groups is 1. The number of thiazole rings is 1. The predicted molar refractivity (Wildman–Crippen MR) is 162 cm³/mol. The Bertz CT molecular complexity index is 1820. The van der Waals surface area contributed by atoms with E-state index in [1.165, 1.54) is 35.9 Å². The van der Waals surface area contributed by atoms with Gasteiger partial charge in [-0.1, -0.05) is 52.9 Å². The quantitative estimate of drug-likeness (QED) is 0.181. The molecule has 0 spiro atoms. The van der Waals surface area contributed by atoms with E-state index in [4.69, 9.17) is 4.74 Å². The maximum Gasteiger partial charge on any atom is 0.308 e. The lowest BCUT2D eigenvalue weighted by molar-refractivity contribution is -0.384. The van der Waals surface area contributed by atoms with Crippen molar-refractivity contribution in [1.29, 1.82) is 0 Å². The summed E-state index contributed by atoms with van der Waals surface area (Å²) in [5.41, 5.74) is 2.40. The maximum absolute atomic E-state index is 14.0. The first-order valence-electron chi connectivity index (χ1n) is 13.2. The van der Waals surface area contributed by atoms with Gasteiger partial charge in [0.05, 0.1) is 28.7 Å². The highest BCUT2D eigenvalue weighted by molar-refractivity contribution is 8.00. The molecule has 2 aliphatic rings. The van der Waals surface area contributed by atoms with Crippen LogP contribution in [-0.2, 0) is 20.9 Å². The topological polar surface area (TPSA) is 141 Å². The number of thioether (sulfide) groups is 1. The van der Waals surface area contributed by atoms with Crippen LogP contribution in [0.25, 0.3) is 0 Å². The van der Waals surface area contributed by atoms with Gasteiger partial charge in [-0.3, -0.25) is 33.9 Å².